The molecule has 1 heterocycles. The Morgan fingerprint density at radius 3 is 2.81 bits per heavy atom. The number of carbonyl (C=O) groups excluding carboxylic acids is 1. The van der Waals surface area contributed by atoms with E-state index in [2.05, 4.69) is 15.5 Å². The van der Waals surface area contributed by atoms with Gasteiger partial charge in [0.1, 0.15) is 0 Å². The largest absolute Gasteiger partial charge is 0.351 e. The normalized spacial score (nSPS) is 12.8. The Hall–Kier alpha value is -1.36. The first-order valence-corrected chi connectivity index (χ1v) is 5.52. The molecule has 0 radical (unpaired) electrons. The van der Waals surface area contributed by atoms with Crippen LogP contribution in [0.2, 0.25) is 0 Å². The van der Waals surface area contributed by atoms with Gasteiger partial charge in [0.05, 0.1) is 12.2 Å². The first kappa shape index (κ1) is 12.7. The van der Waals surface area contributed by atoms with Crippen LogP contribution in [-0.2, 0) is 11.3 Å². The number of hydrogen-bond acceptors (Lipinski definition) is 3. The third kappa shape index (κ3) is 3.66. The molecular weight excluding hydrogens is 204 g/mol. The van der Waals surface area contributed by atoms with Crippen LogP contribution in [-0.4, -0.2) is 22.1 Å². The van der Waals surface area contributed by atoms with Crippen LogP contribution in [0.3, 0.4) is 0 Å². The Kier molecular flexibility index (Phi) is 4.49. The number of amides is 1. The topological polar surface area (TPSA) is 83.8 Å². The zero-order valence-corrected chi connectivity index (χ0v) is 10.1. The van der Waals surface area contributed by atoms with Crippen molar-refractivity contribution in [2.75, 3.05) is 0 Å². The van der Waals surface area contributed by atoms with E-state index in [1.165, 1.54) is 0 Å². The van der Waals surface area contributed by atoms with Gasteiger partial charge < -0.3 is 11.1 Å². The average Bonchev–Trinajstić information content (AvgIpc) is 2.59. The molecule has 4 N–H and O–H groups in total. The Morgan fingerprint density at radius 2 is 2.31 bits per heavy atom. The number of carbonyl (C=O) groups is 1. The van der Waals surface area contributed by atoms with Gasteiger partial charge in [0, 0.05) is 17.8 Å². The molecule has 1 aromatic rings. The molecule has 0 aliphatic carbocycles. The molecule has 1 atom stereocenters. The van der Waals surface area contributed by atoms with E-state index in [1.807, 2.05) is 20.8 Å². The molecule has 1 aromatic heterocycles. The lowest BCUT2D eigenvalue weighted by molar-refractivity contribution is -0.122. The molecule has 0 saturated carbocycles. The van der Waals surface area contributed by atoms with E-state index in [0.29, 0.717) is 18.9 Å². The van der Waals surface area contributed by atoms with Crippen LogP contribution in [0.1, 0.15) is 31.5 Å². The average molecular weight is 224 g/mol. The van der Waals surface area contributed by atoms with Crippen molar-refractivity contribution < 1.29 is 4.79 Å². The summed E-state index contributed by atoms with van der Waals surface area (Å²) in [6.45, 7) is 6.50. The SMILES string of the molecule is Cc1[nH]ncc1CNC(=O)[C@H](N)CC(C)C. The second-order valence-corrected chi connectivity index (χ2v) is 4.47. The minimum absolute atomic E-state index is 0.102. The summed E-state index contributed by atoms with van der Waals surface area (Å²) in [5, 5.41) is 9.51. The van der Waals surface area contributed by atoms with Crippen molar-refractivity contribution >= 4 is 5.91 Å². The molecule has 90 valence electrons. The van der Waals surface area contributed by atoms with Gasteiger partial charge in [-0.2, -0.15) is 5.10 Å². The van der Waals surface area contributed by atoms with Gasteiger partial charge in [0.25, 0.3) is 0 Å². The molecule has 0 aromatic carbocycles. The van der Waals surface area contributed by atoms with Crippen LogP contribution in [0.25, 0.3) is 0 Å². The first-order chi connectivity index (χ1) is 7.50. The van der Waals surface area contributed by atoms with Crippen molar-refractivity contribution in [3.8, 4) is 0 Å². The van der Waals surface area contributed by atoms with E-state index in [4.69, 9.17) is 5.73 Å². The summed E-state index contributed by atoms with van der Waals surface area (Å²) in [7, 11) is 0. The highest BCUT2D eigenvalue weighted by Crippen LogP contribution is 2.04. The maximum atomic E-state index is 11.6. The van der Waals surface area contributed by atoms with Gasteiger partial charge in [-0.15, -0.1) is 0 Å². The summed E-state index contributed by atoms with van der Waals surface area (Å²) in [5.74, 6) is 0.325. The van der Waals surface area contributed by atoms with Gasteiger partial charge in [0.15, 0.2) is 0 Å². The van der Waals surface area contributed by atoms with Crippen LogP contribution in [0, 0.1) is 12.8 Å². The molecule has 0 fully saturated rings. The third-order valence-electron chi connectivity index (χ3n) is 2.45. The highest BCUT2D eigenvalue weighted by Gasteiger charge is 2.14. The summed E-state index contributed by atoms with van der Waals surface area (Å²) in [6.07, 6.45) is 2.42. The summed E-state index contributed by atoms with van der Waals surface area (Å²) >= 11 is 0. The van der Waals surface area contributed by atoms with E-state index < -0.39 is 6.04 Å². The Bertz CT molecular complexity index is 346. The zero-order valence-electron chi connectivity index (χ0n) is 10.1. The van der Waals surface area contributed by atoms with Gasteiger partial charge in [-0.25, -0.2) is 0 Å². The van der Waals surface area contributed by atoms with E-state index in [9.17, 15) is 4.79 Å². The molecule has 16 heavy (non-hydrogen) atoms. The molecule has 1 amide bonds. The number of nitrogens with zero attached hydrogens (tertiary/aromatic N) is 1. The lowest BCUT2D eigenvalue weighted by Gasteiger charge is -2.13. The lowest BCUT2D eigenvalue weighted by Crippen LogP contribution is -2.41. The summed E-state index contributed by atoms with van der Waals surface area (Å²) < 4.78 is 0. The molecule has 0 unspecified atom stereocenters. The van der Waals surface area contributed by atoms with Crippen LogP contribution < -0.4 is 11.1 Å². The maximum absolute atomic E-state index is 11.6. The van der Waals surface area contributed by atoms with Crippen LogP contribution in [0.15, 0.2) is 6.20 Å². The van der Waals surface area contributed by atoms with Gasteiger partial charge in [-0.1, -0.05) is 13.8 Å². The maximum Gasteiger partial charge on any atom is 0.237 e. The summed E-state index contributed by atoms with van der Waals surface area (Å²) in [4.78, 5) is 11.6. The highest BCUT2D eigenvalue weighted by molar-refractivity contribution is 5.81. The number of nitrogens with two attached hydrogens (primary N) is 1. The fourth-order valence-corrected chi connectivity index (χ4v) is 1.48. The fourth-order valence-electron chi connectivity index (χ4n) is 1.48. The monoisotopic (exact) mass is 224 g/mol. The number of rotatable bonds is 5. The molecule has 1 rings (SSSR count). The van der Waals surface area contributed by atoms with E-state index in [0.717, 1.165) is 11.3 Å². The van der Waals surface area contributed by atoms with Crippen LogP contribution in [0.4, 0.5) is 0 Å². The number of aromatic amines is 1. The van der Waals surface area contributed by atoms with Crippen molar-refractivity contribution in [3.63, 3.8) is 0 Å². The Morgan fingerprint density at radius 1 is 1.62 bits per heavy atom. The quantitative estimate of drug-likeness (QED) is 0.688. The highest BCUT2D eigenvalue weighted by atomic mass is 16.2. The summed E-state index contributed by atoms with van der Waals surface area (Å²) in [5.41, 5.74) is 7.72. The van der Waals surface area contributed by atoms with Crippen molar-refractivity contribution in [1.82, 2.24) is 15.5 Å². The number of aromatic nitrogens is 2. The summed E-state index contributed by atoms with van der Waals surface area (Å²) in [6, 6.07) is -0.424. The number of nitrogens with one attached hydrogen (secondary N) is 2. The Balaban J connectivity index is 2.38. The minimum Gasteiger partial charge on any atom is -0.351 e. The third-order valence-corrected chi connectivity index (χ3v) is 2.45. The number of hydrogen-bond donors (Lipinski definition) is 3. The lowest BCUT2D eigenvalue weighted by atomic mass is 10.0. The van der Waals surface area contributed by atoms with E-state index in [1.54, 1.807) is 6.20 Å². The first-order valence-electron chi connectivity index (χ1n) is 5.52. The predicted molar refractivity (Wildman–Crippen MR) is 62.6 cm³/mol. The zero-order chi connectivity index (χ0) is 12.1. The smallest absolute Gasteiger partial charge is 0.237 e. The molecule has 0 aliphatic heterocycles. The standard InChI is InChI=1S/C11H20N4O/c1-7(2)4-10(12)11(16)13-5-9-6-14-15-8(9)3/h6-7,10H,4-5,12H2,1-3H3,(H,13,16)(H,14,15)/t10-/m1/s1. The number of aryl methyl sites for hydroxylation is 1. The molecule has 0 saturated heterocycles. The second-order valence-electron chi connectivity index (χ2n) is 4.47. The van der Waals surface area contributed by atoms with Crippen molar-refractivity contribution in [3.05, 3.63) is 17.5 Å². The van der Waals surface area contributed by atoms with Gasteiger partial charge in [0.2, 0.25) is 5.91 Å². The molecular formula is C11H20N4O. The molecule has 5 nitrogen and oxygen atoms in total. The molecule has 0 spiro atoms. The van der Waals surface area contributed by atoms with Gasteiger partial charge >= 0.3 is 0 Å². The van der Waals surface area contributed by atoms with E-state index >= 15 is 0 Å². The molecule has 5 heteroatoms. The van der Waals surface area contributed by atoms with Crippen molar-refractivity contribution in [2.45, 2.75) is 39.8 Å². The van der Waals surface area contributed by atoms with Crippen molar-refractivity contribution in [2.24, 2.45) is 11.7 Å². The number of H-pyrrole nitrogens is 1. The molecule has 0 bridgehead atoms. The minimum atomic E-state index is -0.424. The fraction of sp³-hybridized carbons (Fsp3) is 0.636. The van der Waals surface area contributed by atoms with Gasteiger partial charge in [-0.05, 0) is 19.3 Å². The Labute approximate surface area is 95.8 Å². The van der Waals surface area contributed by atoms with E-state index in [-0.39, 0.29) is 5.91 Å². The predicted octanol–water partition coefficient (Wildman–Crippen LogP) is 0.708. The van der Waals surface area contributed by atoms with Crippen LogP contribution >= 0.6 is 0 Å². The molecule has 0 aliphatic rings. The second kappa shape index (κ2) is 5.65. The van der Waals surface area contributed by atoms with Gasteiger partial charge in [-0.3, -0.25) is 9.89 Å². The van der Waals surface area contributed by atoms with Crippen LogP contribution in [0.5, 0.6) is 0 Å². The van der Waals surface area contributed by atoms with Crippen molar-refractivity contribution in [1.29, 1.82) is 0 Å².